The number of hydrogen-bond acceptors (Lipinski definition) is 4. The predicted octanol–water partition coefficient (Wildman–Crippen LogP) is 11.6. The molecule has 0 spiro atoms. The Morgan fingerprint density at radius 2 is 0.852 bits per heavy atom. The highest BCUT2D eigenvalue weighted by atomic mass is 15.0. The van der Waals surface area contributed by atoms with E-state index in [2.05, 4.69) is 143 Å². The molecule has 0 saturated carbocycles. The first-order chi connectivity index (χ1) is 26.8. The molecule has 0 bridgehead atoms. The number of pyridine rings is 2. The van der Waals surface area contributed by atoms with Gasteiger partial charge in [-0.1, -0.05) is 127 Å². The molecule has 252 valence electrons. The van der Waals surface area contributed by atoms with E-state index in [4.69, 9.17) is 19.9 Å². The highest BCUT2D eigenvalue weighted by molar-refractivity contribution is 6.23. The van der Waals surface area contributed by atoms with E-state index in [1.807, 2.05) is 48.8 Å². The molecule has 0 aliphatic rings. The van der Waals surface area contributed by atoms with Gasteiger partial charge in [-0.05, 0) is 42.5 Å². The molecule has 11 rings (SSSR count). The molecular weight excluding hydrogens is 661 g/mol. The molecule has 0 aliphatic heterocycles. The van der Waals surface area contributed by atoms with Crippen LogP contribution in [0, 0.1) is 0 Å². The Kier molecular flexibility index (Phi) is 6.75. The lowest BCUT2D eigenvalue weighted by Gasteiger charge is -2.13. The Hall–Kier alpha value is -7.44. The second-order valence-corrected chi connectivity index (χ2v) is 13.5. The first kappa shape index (κ1) is 30.2. The molecule has 0 saturated heterocycles. The second kappa shape index (κ2) is 12.1. The quantitative estimate of drug-likeness (QED) is 0.180. The van der Waals surface area contributed by atoms with Crippen molar-refractivity contribution in [3.05, 3.63) is 182 Å². The average Bonchev–Trinajstić information content (AvgIpc) is 3.78. The Balaban J connectivity index is 1.18. The van der Waals surface area contributed by atoms with Gasteiger partial charge in [0, 0.05) is 62.0 Å². The van der Waals surface area contributed by atoms with Crippen molar-refractivity contribution in [2.24, 2.45) is 0 Å². The van der Waals surface area contributed by atoms with Crippen LogP contribution in [0.5, 0.6) is 0 Å². The van der Waals surface area contributed by atoms with Gasteiger partial charge in [0.2, 0.25) is 0 Å². The summed E-state index contributed by atoms with van der Waals surface area (Å²) >= 11 is 0. The maximum atomic E-state index is 5.25. The number of rotatable bonds is 5. The van der Waals surface area contributed by atoms with Gasteiger partial charge in [0.05, 0.1) is 39.0 Å². The number of nitrogens with zero attached hydrogens (tertiary/aromatic N) is 6. The maximum absolute atomic E-state index is 5.25. The van der Waals surface area contributed by atoms with Gasteiger partial charge in [-0.15, -0.1) is 0 Å². The van der Waals surface area contributed by atoms with Gasteiger partial charge in [0.1, 0.15) is 5.52 Å². The van der Waals surface area contributed by atoms with E-state index in [1.54, 1.807) is 0 Å². The van der Waals surface area contributed by atoms with Gasteiger partial charge in [0.15, 0.2) is 5.82 Å². The second-order valence-electron chi connectivity index (χ2n) is 13.5. The molecule has 0 fully saturated rings. The molecule has 0 unspecified atom stereocenters. The fourth-order valence-electron chi connectivity index (χ4n) is 7.97. The topological polar surface area (TPSA) is 61.4 Å². The molecule has 0 N–H and O–H groups in total. The molecule has 11 aromatic rings. The fourth-order valence-corrected chi connectivity index (χ4v) is 7.97. The van der Waals surface area contributed by atoms with Crippen molar-refractivity contribution >= 4 is 54.6 Å². The third kappa shape index (κ3) is 4.67. The number of benzene rings is 6. The monoisotopic (exact) mass is 690 g/mol. The highest BCUT2D eigenvalue weighted by Gasteiger charge is 2.22. The number of fused-ring (bicyclic) bond motifs is 9. The molecule has 0 amide bonds. The summed E-state index contributed by atoms with van der Waals surface area (Å²) in [7, 11) is 0. The van der Waals surface area contributed by atoms with Gasteiger partial charge in [-0.2, -0.15) is 0 Å². The van der Waals surface area contributed by atoms with E-state index in [1.165, 1.54) is 0 Å². The summed E-state index contributed by atoms with van der Waals surface area (Å²) < 4.78 is 4.65. The highest BCUT2D eigenvalue weighted by Crippen LogP contribution is 2.40. The molecular formula is C48H30N6. The Morgan fingerprint density at radius 1 is 0.352 bits per heavy atom. The van der Waals surface area contributed by atoms with Crippen LogP contribution >= 0.6 is 0 Å². The summed E-state index contributed by atoms with van der Waals surface area (Å²) in [5.41, 5.74) is 12.9. The van der Waals surface area contributed by atoms with Crippen molar-refractivity contribution in [1.29, 1.82) is 0 Å². The van der Waals surface area contributed by atoms with Crippen molar-refractivity contribution in [1.82, 2.24) is 29.1 Å². The Labute approximate surface area is 310 Å². The van der Waals surface area contributed by atoms with Crippen LogP contribution in [0.15, 0.2) is 182 Å². The van der Waals surface area contributed by atoms with E-state index in [-0.39, 0.29) is 0 Å². The molecule has 0 atom stereocenters. The number of hydrogen-bond donors (Lipinski definition) is 0. The normalized spacial score (nSPS) is 11.7. The molecule has 5 aromatic heterocycles. The van der Waals surface area contributed by atoms with Crippen molar-refractivity contribution in [3.8, 4) is 45.3 Å². The Morgan fingerprint density at radius 3 is 1.54 bits per heavy atom. The van der Waals surface area contributed by atoms with Crippen LogP contribution in [0.3, 0.4) is 0 Å². The van der Waals surface area contributed by atoms with E-state index < -0.39 is 0 Å². The van der Waals surface area contributed by atoms with Gasteiger partial charge in [0.25, 0.3) is 0 Å². The molecule has 6 nitrogen and oxygen atoms in total. The smallest absolute Gasteiger partial charge is 0.160 e. The van der Waals surface area contributed by atoms with Crippen LogP contribution in [0.2, 0.25) is 0 Å². The summed E-state index contributed by atoms with van der Waals surface area (Å²) in [6.07, 6.45) is 4.04. The number of aromatic nitrogens is 6. The summed E-state index contributed by atoms with van der Waals surface area (Å²) in [5.74, 6) is 0.660. The largest absolute Gasteiger partial charge is 0.308 e. The lowest BCUT2D eigenvalue weighted by atomic mass is 10.1. The summed E-state index contributed by atoms with van der Waals surface area (Å²) in [4.78, 5) is 20.7. The fraction of sp³-hybridized carbons (Fsp3) is 0. The summed E-state index contributed by atoms with van der Waals surface area (Å²) in [6, 6.07) is 58.7. The minimum Gasteiger partial charge on any atom is -0.308 e. The molecule has 6 heteroatoms. The van der Waals surface area contributed by atoms with E-state index in [9.17, 15) is 0 Å². The first-order valence-electron chi connectivity index (χ1n) is 18.1. The van der Waals surface area contributed by atoms with Crippen molar-refractivity contribution in [3.63, 3.8) is 0 Å². The first-order valence-corrected chi connectivity index (χ1v) is 18.1. The van der Waals surface area contributed by atoms with E-state index >= 15 is 0 Å². The van der Waals surface area contributed by atoms with Gasteiger partial charge < -0.3 is 9.13 Å². The van der Waals surface area contributed by atoms with Crippen LogP contribution < -0.4 is 0 Å². The van der Waals surface area contributed by atoms with Crippen LogP contribution in [-0.2, 0) is 0 Å². The van der Waals surface area contributed by atoms with Crippen molar-refractivity contribution < 1.29 is 0 Å². The summed E-state index contributed by atoms with van der Waals surface area (Å²) in [5, 5.41) is 4.31. The summed E-state index contributed by atoms with van der Waals surface area (Å²) in [6.45, 7) is 0. The van der Waals surface area contributed by atoms with Crippen molar-refractivity contribution in [2.75, 3.05) is 0 Å². The zero-order valence-electron chi connectivity index (χ0n) is 29.0. The number of para-hydroxylation sites is 3. The molecule has 0 radical (unpaired) electrons. The predicted molar refractivity (Wildman–Crippen MR) is 220 cm³/mol. The lowest BCUT2D eigenvalue weighted by molar-refractivity contribution is 1.15. The SMILES string of the molecule is c1ccc(-c2cc(-c3ccccc3)nc(-c3cccc(-n4c5ccccc5c5ncc6c(ncc7c8ccccc8n(-c8ccccc8)c76)c54)c3)n2)cc1. The zero-order chi connectivity index (χ0) is 35.6. The lowest BCUT2D eigenvalue weighted by Crippen LogP contribution is -1.99. The molecule has 6 aromatic carbocycles. The minimum atomic E-state index is 0.660. The molecule has 5 heterocycles. The molecule has 0 aliphatic carbocycles. The molecule has 54 heavy (non-hydrogen) atoms. The standard InChI is InChI=1S/C48H30N6/c1-4-15-31(16-5-1)40-28-41(32-17-6-2-7-18-32)52-48(51-40)33-19-14-22-35(27-33)54-43-26-13-11-24-37(43)44-47(54)45-39(30-50-44)46-38(29-49-45)36-23-10-12-25-42(36)53(46)34-20-8-3-9-21-34/h1-30H. The average molecular weight is 691 g/mol. The van der Waals surface area contributed by atoms with Gasteiger partial charge in [-0.25, -0.2) is 9.97 Å². The third-order valence-electron chi connectivity index (χ3n) is 10.4. The van der Waals surface area contributed by atoms with E-state index in [0.29, 0.717) is 5.82 Å². The maximum Gasteiger partial charge on any atom is 0.160 e. The van der Waals surface area contributed by atoms with E-state index in [0.717, 1.165) is 94.1 Å². The zero-order valence-corrected chi connectivity index (χ0v) is 29.0. The van der Waals surface area contributed by atoms with Crippen LogP contribution in [-0.4, -0.2) is 29.1 Å². The van der Waals surface area contributed by atoms with Crippen molar-refractivity contribution in [2.45, 2.75) is 0 Å². The van der Waals surface area contributed by atoms with Crippen LogP contribution in [0.4, 0.5) is 0 Å². The van der Waals surface area contributed by atoms with Crippen LogP contribution in [0.25, 0.3) is 99.9 Å². The third-order valence-corrected chi connectivity index (χ3v) is 10.4. The Bertz CT molecular complexity index is 3140. The minimum absolute atomic E-state index is 0.660. The van der Waals surface area contributed by atoms with Crippen LogP contribution in [0.1, 0.15) is 0 Å². The van der Waals surface area contributed by atoms with Gasteiger partial charge >= 0.3 is 0 Å². The van der Waals surface area contributed by atoms with Gasteiger partial charge in [-0.3, -0.25) is 9.97 Å².